The van der Waals surface area contributed by atoms with E-state index in [-0.39, 0.29) is 5.69 Å². The number of ether oxygens (including phenoxy) is 1. The van der Waals surface area contributed by atoms with Gasteiger partial charge < -0.3 is 9.84 Å². The number of aliphatic hydroxyl groups is 1. The van der Waals surface area contributed by atoms with Crippen LogP contribution in [-0.4, -0.2) is 23.1 Å². The molecule has 0 saturated carbocycles. The minimum Gasteiger partial charge on any atom is -0.469 e. The maximum atomic E-state index is 11.5. The maximum Gasteiger partial charge on any atom is 0.314 e. The number of benzene rings is 1. The van der Waals surface area contributed by atoms with Gasteiger partial charge in [-0.25, -0.2) is 0 Å². The van der Waals surface area contributed by atoms with Crippen molar-refractivity contribution >= 4 is 11.7 Å². The quantitative estimate of drug-likeness (QED) is 0.502. The second-order valence-electron chi connectivity index (χ2n) is 4.46. The number of esters is 1. The lowest BCUT2D eigenvalue weighted by Crippen LogP contribution is -2.32. The monoisotopic (exact) mass is 253 g/mol. The second-order valence-corrected chi connectivity index (χ2v) is 4.46. The van der Waals surface area contributed by atoms with Gasteiger partial charge in [-0.3, -0.25) is 14.9 Å². The minimum atomic E-state index is -1.12. The Bertz CT molecular complexity index is 452. The first-order valence-electron chi connectivity index (χ1n) is 5.31. The number of carbonyl (C=O) groups is 1. The maximum absolute atomic E-state index is 11.5. The zero-order valence-corrected chi connectivity index (χ0v) is 10.4. The zero-order valence-electron chi connectivity index (χ0n) is 10.4. The first-order valence-corrected chi connectivity index (χ1v) is 5.31. The van der Waals surface area contributed by atoms with Gasteiger partial charge in [0.2, 0.25) is 0 Å². The lowest BCUT2D eigenvalue weighted by molar-refractivity contribution is -0.384. The standard InChI is InChI=1S/C12H15NO5/c1-12(2,11(15)18-3)10(14)8-4-6-9(7-5-8)13(16)17/h4-7,10,14H,1-3H3. The third kappa shape index (κ3) is 2.65. The normalized spacial score (nSPS) is 12.9. The Kier molecular flexibility index (Phi) is 4.03. The number of hydrogen-bond donors (Lipinski definition) is 1. The highest BCUT2D eigenvalue weighted by Crippen LogP contribution is 2.34. The molecule has 6 nitrogen and oxygen atoms in total. The molecule has 1 aromatic rings. The van der Waals surface area contributed by atoms with Gasteiger partial charge in [0, 0.05) is 12.1 Å². The second kappa shape index (κ2) is 5.14. The molecule has 1 rings (SSSR count). The van der Waals surface area contributed by atoms with Crippen molar-refractivity contribution in [2.75, 3.05) is 7.11 Å². The molecule has 0 aliphatic carbocycles. The van der Waals surface area contributed by atoms with Gasteiger partial charge in [0.05, 0.1) is 23.6 Å². The van der Waals surface area contributed by atoms with E-state index in [9.17, 15) is 20.0 Å². The Morgan fingerprint density at radius 1 is 1.39 bits per heavy atom. The van der Waals surface area contributed by atoms with Crippen LogP contribution in [-0.2, 0) is 9.53 Å². The summed E-state index contributed by atoms with van der Waals surface area (Å²) in [5, 5.41) is 20.6. The van der Waals surface area contributed by atoms with Crippen molar-refractivity contribution in [1.82, 2.24) is 0 Å². The first kappa shape index (κ1) is 14.1. The van der Waals surface area contributed by atoms with Gasteiger partial charge in [-0.1, -0.05) is 0 Å². The lowest BCUT2D eigenvalue weighted by Gasteiger charge is -2.27. The van der Waals surface area contributed by atoms with Gasteiger partial charge in [-0.15, -0.1) is 0 Å². The number of methoxy groups -OCH3 is 1. The zero-order chi connectivity index (χ0) is 13.9. The predicted molar refractivity (Wildman–Crippen MR) is 63.9 cm³/mol. The Labute approximate surface area is 104 Å². The van der Waals surface area contributed by atoms with Crippen LogP contribution >= 0.6 is 0 Å². The molecule has 1 atom stereocenters. The van der Waals surface area contributed by atoms with E-state index in [1.54, 1.807) is 13.8 Å². The first-order chi connectivity index (χ1) is 8.30. The summed E-state index contributed by atoms with van der Waals surface area (Å²) in [6.45, 7) is 3.09. The summed E-state index contributed by atoms with van der Waals surface area (Å²) >= 11 is 0. The van der Waals surface area contributed by atoms with E-state index in [0.717, 1.165) is 0 Å². The number of nitrogens with zero attached hydrogens (tertiary/aromatic N) is 1. The molecule has 1 unspecified atom stereocenters. The SMILES string of the molecule is COC(=O)C(C)(C)C(O)c1ccc([N+](=O)[O-])cc1. The summed E-state index contributed by atoms with van der Waals surface area (Å²) in [7, 11) is 1.24. The van der Waals surface area contributed by atoms with E-state index in [1.807, 2.05) is 0 Å². The van der Waals surface area contributed by atoms with Gasteiger partial charge in [-0.05, 0) is 31.5 Å². The van der Waals surface area contributed by atoms with Crippen molar-refractivity contribution < 1.29 is 19.6 Å². The molecule has 0 aliphatic heterocycles. The Hall–Kier alpha value is -1.95. The summed E-state index contributed by atoms with van der Waals surface area (Å²) in [5.74, 6) is -0.548. The van der Waals surface area contributed by atoms with Crippen LogP contribution in [0.5, 0.6) is 0 Å². The number of aliphatic hydroxyl groups excluding tert-OH is 1. The highest BCUT2D eigenvalue weighted by atomic mass is 16.6. The largest absolute Gasteiger partial charge is 0.469 e. The Balaban J connectivity index is 3.00. The third-order valence-corrected chi connectivity index (χ3v) is 2.81. The number of nitro groups is 1. The molecule has 0 aromatic heterocycles. The van der Waals surface area contributed by atoms with Crippen molar-refractivity contribution in [3.8, 4) is 0 Å². The highest BCUT2D eigenvalue weighted by Gasteiger charge is 2.37. The molecule has 98 valence electrons. The molecule has 0 radical (unpaired) electrons. The summed E-state index contributed by atoms with van der Waals surface area (Å²) in [6.07, 6.45) is -1.09. The molecular formula is C12H15NO5. The molecule has 0 aliphatic rings. The van der Waals surface area contributed by atoms with Gasteiger partial charge in [0.25, 0.3) is 5.69 Å². The van der Waals surface area contributed by atoms with E-state index in [4.69, 9.17) is 0 Å². The molecule has 0 fully saturated rings. The van der Waals surface area contributed by atoms with Crippen LogP contribution in [0.25, 0.3) is 0 Å². The van der Waals surface area contributed by atoms with Gasteiger partial charge >= 0.3 is 5.97 Å². The van der Waals surface area contributed by atoms with E-state index >= 15 is 0 Å². The molecule has 1 N–H and O–H groups in total. The topological polar surface area (TPSA) is 89.7 Å². The van der Waals surface area contributed by atoms with Crippen LogP contribution in [0.4, 0.5) is 5.69 Å². The van der Waals surface area contributed by atoms with Crippen LogP contribution in [0.3, 0.4) is 0 Å². The minimum absolute atomic E-state index is 0.0678. The van der Waals surface area contributed by atoms with Gasteiger partial charge in [0.1, 0.15) is 0 Å². The van der Waals surface area contributed by atoms with Crippen molar-refractivity contribution in [1.29, 1.82) is 0 Å². The molecule has 0 bridgehead atoms. The van der Waals surface area contributed by atoms with Gasteiger partial charge in [0.15, 0.2) is 0 Å². The van der Waals surface area contributed by atoms with Crippen LogP contribution in [0.15, 0.2) is 24.3 Å². The number of rotatable bonds is 4. The molecule has 0 heterocycles. The molecule has 6 heteroatoms. The summed E-state index contributed by atoms with van der Waals surface area (Å²) in [4.78, 5) is 21.5. The number of non-ortho nitro benzene ring substituents is 1. The summed E-state index contributed by atoms with van der Waals surface area (Å²) < 4.78 is 4.61. The molecule has 0 amide bonds. The number of carbonyl (C=O) groups excluding carboxylic acids is 1. The van der Waals surface area contributed by atoms with Crippen molar-refractivity contribution in [3.63, 3.8) is 0 Å². The van der Waals surface area contributed by atoms with Crippen molar-refractivity contribution in [2.45, 2.75) is 20.0 Å². The van der Waals surface area contributed by atoms with Crippen molar-refractivity contribution in [3.05, 3.63) is 39.9 Å². The van der Waals surface area contributed by atoms with Gasteiger partial charge in [-0.2, -0.15) is 0 Å². The van der Waals surface area contributed by atoms with E-state index in [1.165, 1.54) is 31.4 Å². The molecule has 18 heavy (non-hydrogen) atoms. The Morgan fingerprint density at radius 3 is 2.28 bits per heavy atom. The van der Waals surface area contributed by atoms with Crippen LogP contribution in [0, 0.1) is 15.5 Å². The lowest BCUT2D eigenvalue weighted by atomic mass is 9.82. The highest BCUT2D eigenvalue weighted by molar-refractivity contribution is 5.76. The smallest absolute Gasteiger partial charge is 0.314 e. The number of nitro benzene ring substituents is 1. The molecular weight excluding hydrogens is 238 g/mol. The van der Waals surface area contributed by atoms with Crippen LogP contribution in [0.1, 0.15) is 25.5 Å². The van der Waals surface area contributed by atoms with Crippen LogP contribution < -0.4 is 0 Å². The fourth-order valence-corrected chi connectivity index (χ4v) is 1.57. The average molecular weight is 253 g/mol. The Morgan fingerprint density at radius 2 is 1.89 bits per heavy atom. The van der Waals surface area contributed by atoms with E-state index in [2.05, 4.69) is 4.74 Å². The molecule has 0 saturated heterocycles. The summed E-state index contributed by atoms with van der Waals surface area (Å²) in [6, 6.07) is 5.42. The van der Waals surface area contributed by atoms with Crippen LogP contribution in [0.2, 0.25) is 0 Å². The van der Waals surface area contributed by atoms with E-state index in [0.29, 0.717) is 5.56 Å². The number of hydrogen-bond acceptors (Lipinski definition) is 5. The molecule has 1 aromatic carbocycles. The fourth-order valence-electron chi connectivity index (χ4n) is 1.57. The fraction of sp³-hybridized carbons (Fsp3) is 0.417. The average Bonchev–Trinajstić information content (AvgIpc) is 2.36. The molecule has 0 spiro atoms. The third-order valence-electron chi connectivity index (χ3n) is 2.81. The summed E-state index contributed by atoms with van der Waals surface area (Å²) in [5.41, 5.74) is -0.761. The van der Waals surface area contributed by atoms with Crippen molar-refractivity contribution in [2.24, 2.45) is 5.41 Å². The van der Waals surface area contributed by atoms with E-state index < -0.39 is 22.4 Å². The predicted octanol–water partition coefficient (Wildman–Crippen LogP) is 1.83.